The largest absolute Gasteiger partial charge is 0.426 e. The second-order valence-corrected chi connectivity index (χ2v) is 4.84. The number of anilines is 1. The molecule has 20 heavy (non-hydrogen) atoms. The average Bonchev–Trinajstić information content (AvgIpc) is 2.40. The number of rotatable bonds is 3. The maximum Gasteiger partial charge on any atom is 0.308 e. The monoisotopic (exact) mass is 291 g/mol. The highest BCUT2D eigenvalue weighted by molar-refractivity contribution is 6.31. The molecule has 0 saturated carbocycles. The van der Waals surface area contributed by atoms with Crippen LogP contribution >= 0.6 is 11.6 Å². The Bertz CT molecular complexity index is 627. The molecule has 0 aliphatic heterocycles. The summed E-state index contributed by atoms with van der Waals surface area (Å²) in [4.78, 5) is 21.4. The summed E-state index contributed by atoms with van der Waals surface area (Å²) in [5, 5.41) is 0.549. The summed E-state index contributed by atoms with van der Waals surface area (Å²) in [6, 6.07) is 5.03. The highest BCUT2D eigenvalue weighted by Gasteiger charge is 2.11. The van der Waals surface area contributed by atoms with Gasteiger partial charge in [0.1, 0.15) is 5.75 Å². The van der Waals surface area contributed by atoms with Crippen LogP contribution in [-0.4, -0.2) is 30.0 Å². The van der Waals surface area contributed by atoms with E-state index in [0.717, 1.165) is 5.56 Å². The summed E-state index contributed by atoms with van der Waals surface area (Å²) in [6.45, 7) is 1.35. The maximum absolute atomic E-state index is 11.1. The zero-order chi connectivity index (χ0) is 14.7. The van der Waals surface area contributed by atoms with Crippen LogP contribution in [0.4, 0.5) is 5.95 Å². The molecule has 104 valence electrons. The van der Waals surface area contributed by atoms with Crippen molar-refractivity contribution < 1.29 is 9.53 Å². The van der Waals surface area contributed by atoms with Crippen LogP contribution in [0.25, 0.3) is 11.1 Å². The summed E-state index contributed by atoms with van der Waals surface area (Å²) < 4.78 is 5.17. The van der Waals surface area contributed by atoms with Crippen LogP contribution in [0, 0.1) is 0 Å². The van der Waals surface area contributed by atoms with Crippen LogP contribution in [0.15, 0.2) is 30.6 Å². The molecule has 0 radical (unpaired) electrons. The van der Waals surface area contributed by atoms with Crippen molar-refractivity contribution in [2.75, 3.05) is 19.0 Å². The standard InChI is InChI=1S/C14H14ClN3O2/c1-9(19)20-13-5-4-11(15)6-12(13)10-7-16-14(17-8-10)18(2)3/h4-8H,1-3H3. The van der Waals surface area contributed by atoms with Crippen LogP contribution < -0.4 is 9.64 Å². The van der Waals surface area contributed by atoms with Gasteiger partial charge in [0.05, 0.1) is 0 Å². The molecule has 1 aromatic carbocycles. The van der Waals surface area contributed by atoms with Crippen molar-refractivity contribution in [2.45, 2.75) is 6.92 Å². The highest BCUT2D eigenvalue weighted by atomic mass is 35.5. The molecule has 0 amide bonds. The first-order chi connectivity index (χ1) is 9.47. The number of halogens is 1. The second-order valence-electron chi connectivity index (χ2n) is 4.40. The van der Waals surface area contributed by atoms with Crippen molar-refractivity contribution in [2.24, 2.45) is 0 Å². The van der Waals surface area contributed by atoms with E-state index >= 15 is 0 Å². The van der Waals surface area contributed by atoms with Gasteiger partial charge >= 0.3 is 5.97 Å². The van der Waals surface area contributed by atoms with Gasteiger partial charge in [0.25, 0.3) is 0 Å². The van der Waals surface area contributed by atoms with Crippen molar-refractivity contribution in [3.8, 4) is 16.9 Å². The summed E-state index contributed by atoms with van der Waals surface area (Å²) >= 11 is 6.00. The van der Waals surface area contributed by atoms with E-state index in [1.165, 1.54) is 6.92 Å². The Morgan fingerprint density at radius 1 is 1.25 bits per heavy atom. The Morgan fingerprint density at radius 2 is 1.90 bits per heavy atom. The fourth-order valence-corrected chi connectivity index (χ4v) is 1.83. The molecule has 2 rings (SSSR count). The molecule has 5 nitrogen and oxygen atoms in total. The number of carbonyl (C=O) groups excluding carboxylic acids is 1. The molecule has 6 heteroatoms. The molecule has 2 aromatic rings. The Hall–Kier alpha value is -2.14. The SMILES string of the molecule is CC(=O)Oc1ccc(Cl)cc1-c1cnc(N(C)C)nc1. The fourth-order valence-electron chi connectivity index (χ4n) is 1.66. The van der Waals surface area contributed by atoms with Crippen molar-refractivity contribution in [3.05, 3.63) is 35.6 Å². The Balaban J connectivity index is 2.44. The topological polar surface area (TPSA) is 55.3 Å². The normalized spacial score (nSPS) is 10.2. The second kappa shape index (κ2) is 5.88. The fraction of sp³-hybridized carbons (Fsp3) is 0.214. The number of hydrogen-bond donors (Lipinski definition) is 0. The van der Waals surface area contributed by atoms with Crippen molar-refractivity contribution >= 4 is 23.5 Å². The molecule has 0 atom stereocenters. The molecule has 1 heterocycles. The van der Waals surface area contributed by atoms with Crippen LogP contribution in [0.3, 0.4) is 0 Å². The molecule has 1 aromatic heterocycles. The number of benzene rings is 1. The van der Waals surface area contributed by atoms with Gasteiger partial charge in [0.2, 0.25) is 5.95 Å². The van der Waals surface area contributed by atoms with Gasteiger partial charge in [-0.3, -0.25) is 4.79 Å². The van der Waals surface area contributed by atoms with E-state index in [1.807, 2.05) is 14.1 Å². The molecule has 0 bridgehead atoms. The average molecular weight is 292 g/mol. The van der Waals surface area contributed by atoms with E-state index in [-0.39, 0.29) is 5.97 Å². The summed E-state index contributed by atoms with van der Waals surface area (Å²) in [5.74, 6) is 0.646. The first-order valence-corrected chi connectivity index (χ1v) is 6.33. The zero-order valence-corrected chi connectivity index (χ0v) is 12.2. The minimum absolute atomic E-state index is 0.389. The van der Waals surface area contributed by atoms with Gasteiger partial charge in [-0.05, 0) is 18.2 Å². The lowest BCUT2D eigenvalue weighted by atomic mass is 10.1. The first-order valence-electron chi connectivity index (χ1n) is 5.95. The minimum atomic E-state index is -0.389. The number of aromatic nitrogens is 2. The molecular weight excluding hydrogens is 278 g/mol. The van der Waals surface area contributed by atoms with Crippen LogP contribution in [-0.2, 0) is 4.79 Å². The van der Waals surface area contributed by atoms with E-state index in [4.69, 9.17) is 16.3 Å². The number of nitrogens with zero attached hydrogens (tertiary/aromatic N) is 3. The molecule has 0 aliphatic carbocycles. The zero-order valence-electron chi connectivity index (χ0n) is 11.4. The third kappa shape index (κ3) is 3.24. The van der Waals surface area contributed by atoms with Crippen molar-refractivity contribution in [3.63, 3.8) is 0 Å². The number of esters is 1. The Morgan fingerprint density at radius 3 is 2.45 bits per heavy atom. The van der Waals surface area contributed by atoms with Crippen LogP contribution in [0.2, 0.25) is 5.02 Å². The van der Waals surface area contributed by atoms with Crippen molar-refractivity contribution in [1.82, 2.24) is 9.97 Å². The summed E-state index contributed by atoms with van der Waals surface area (Å²) in [5.41, 5.74) is 1.41. The van der Waals surface area contributed by atoms with Gasteiger partial charge in [-0.1, -0.05) is 11.6 Å². The molecule has 0 fully saturated rings. The van der Waals surface area contributed by atoms with Crippen LogP contribution in [0.5, 0.6) is 5.75 Å². The smallest absolute Gasteiger partial charge is 0.308 e. The third-order valence-electron chi connectivity index (χ3n) is 2.54. The molecule has 0 unspecified atom stereocenters. The van der Waals surface area contributed by atoms with E-state index in [1.54, 1.807) is 35.5 Å². The van der Waals surface area contributed by atoms with Gasteiger partial charge < -0.3 is 9.64 Å². The lowest BCUT2D eigenvalue weighted by Gasteiger charge is -2.12. The van der Waals surface area contributed by atoms with Gasteiger partial charge in [0.15, 0.2) is 0 Å². The van der Waals surface area contributed by atoms with Gasteiger partial charge in [0, 0.05) is 49.6 Å². The maximum atomic E-state index is 11.1. The number of hydrogen-bond acceptors (Lipinski definition) is 5. The first kappa shape index (κ1) is 14.3. The minimum Gasteiger partial charge on any atom is -0.426 e. The molecule has 0 aliphatic rings. The Labute approximate surface area is 122 Å². The molecular formula is C14H14ClN3O2. The molecule has 0 saturated heterocycles. The van der Waals surface area contributed by atoms with Crippen LogP contribution in [0.1, 0.15) is 6.92 Å². The highest BCUT2D eigenvalue weighted by Crippen LogP contribution is 2.32. The van der Waals surface area contributed by atoms with Gasteiger partial charge in [-0.2, -0.15) is 0 Å². The van der Waals surface area contributed by atoms with Crippen molar-refractivity contribution in [1.29, 1.82) is 0 Å². The number of ether oxygens (including phenoxy) is 1. The quantitative estimate of drug-likeness (QED) is 0.643. The van der Waals surface area contributed by atoms with Gasteiger partial charge in [-0.15, -0.1) is 0 Å². The summed E-state index contributed by atoms with van der Waals surface area (Å²) in [7, 11) is 3.72. The molecule has 0 spiro atoms. The van der Waals surface area contributed by atoms with E-state index in [0.29, 0.717) is 22.3 Å². The number of carbonyl (C=O) groups is 1. The van der Waals surface area contributed by atoms with E-state index in [2.05, 4.69) is 9.97 Å². The Kier molecular flexibility index (Phi) is 4.20. The molecule has 0 N–H and O–H groups in total. The predicted octanol–water partition coefficient (Wildman–Crippen LogP) is 2.79. The third-order valence-corrected chi connectivity index (χ3v) is 2.78. The predicted molar refractivity (Wildman–Crippen MR) is 78.1 cm³/mol. The summed E-state index contributed by atoms with van der Waals surface area (Å²) in [6.07, 6.45) is 3.34. The van der Waals surface area contributed by atoms with E-state index < -0.39 is 0 Å². The lowest BCUT2D eigenvalue weighted by Crippen LogP contribution is -2.12. The van der Waals surface area contributed by atoms with E-state index in [9.17, 15) is 4.79 Å². The lowest BCUT2D eigenvalue weighted by molar-refractivity contribution is -0.131. The van der Waals surface area contributed by atoms with Gasteiger partial charge in [-0.25, -0.2) is 9.97 Å².